The van der Waals surface area contributed by atoms with Gasteiger partial charge in [-0.3, -0.25) is 4.79 Å². The fourth-order valence-electron chi connectivity index (χ4n) is 3.45. The summed E-state index contributed by atoms with van der Waals surface area (Å²) in [6.07, 6.45) is 2.37. The number of hydrogen-bond acceptors (Lipinski definition) is 1. The molecule has 1 aromatic rings. The molecule has 0 radical (unpaired) electrons. The molecular formula is C15H21NO. The van der Waals surface area contributed by atoms with Crippen LogP contribution in [0.2, 0.25) is 0 Å². The van der Waals surface area contributed by atoms with E-state index in [0.717, 1.165) is 13.0 Å². The van der Waals surface area contributed by atoms with Gasteiger partial charge < -0.3 is 4.90 Å². The van der Waals surface area contributed by atoms with Gasteiger partial charge in [0.15, 0.2) is 0 Å². The molecule has 2 nitrogen and oxygen atoms in total. The molecule has 1 heterocycles. The number of fused-ring (bicyclic) bond motifs is 2. The number of benzene rings is 1. The Morgan fingerprint density at radius 1 is 1.24 bits per heavy atom. The standard InChI is InChI=1S/C14H17NO.CH4/c1-10(16)15-9-12-7-13(15)8-14(12)11-5-3-2-4-6-11;/h2-6,12-14H,7-9H2,1H3;1H4. The summed E-state index contributed by atoms with van der Waals surface area (Å²) in [7, 11) is 0. The molecular weight excluding hydrogens is 210 g/mol. The minimum Gasteiger partial charge on any atom is -0.340 e. The third kappa shape index (κ3) is 1.97. The summed E-state index contributed by atoms with van der Waals surface area (Å²) in [5.74, 6) is 1.62. The number of likely N-dealkylation sites (tertiary alicyclic amines) is 1. The van der Waals surface area contributed by atoms with E-state index in [-0.39, 0.29) is 13.3 Å². The van der Waals surface area contributed by atoms with Crippen LogP contribution >= 0.6 is 0 Å². The minimum atomic E-state index is 0. The molecule has 0 aromatic heterocycles. The normalized spacial score (nSPS) is 30.2. The van der Waals surface area contributed by atoms with Gasteiger partial charge in [0.05, 0.1) is 0 Å². The summed E-state index contributed by atoms with van der Waals surface area (Å²) in [4.78, 5) is 13.5. The zero-order valence-electron chi connectivity index (χ0n) is 9.60. The van der Waals surface area contributed by atoms with Gasteiger partial charge in [0, 0.05) is 19.5 Å². The van der Waals surface area contributed by atoms with Crippen LogP contribution in [0.1, 0.15) is 38.7 Å². The predicted octanol–water partition coefficient (Wildman–Crippen LogP) is 3.05. The Kier molecular flexibility index (Phi) is 3.23. The summed E-state index contributed by atoms with van der Waals surface area (Å²) < 4.78 is 0. The van der Waals surface area contributed by atoms with Crippen LogP contribution in [0, 0.1) is 5.92 Å². The van der Waals surface area contributed by atoms with Crippen molar-refractivity contribution < 1.29 is 4.79 Å². The van der Waals surface area contributed by atoms with Crippen LogP contribution in [0.25, 0.3) is 0 Å². The van der Waals surface area contributed by atoms with Gasteiger partial charge in [-0.1, -0.05) is 37.8 Å². The van der Waals surface area contributed by atoms with E-state index in [0.29, 0.717) is 17.9 Å². The fraction of sp³-hybridized carbons (Fsp3) is 0.533. The second kappa shape index (κ2) is 4.52. The lowest BCUT2D eigenvalue weighted by Crippen LogP contribution is -2.38. The highest BCUT2D eigenvalue weighted by Crippen LogP contribution is 2.47. The first-order chi connectivity index (χ1) is 7.75. The zero-order valence-corrected chi connectivity index (χ0v) is 9.60. The lowest BCUT2D eigenvalue weighted by Gasteiger charge is -2.31. The van der Waals surface area contributed by atoms with Crippen molar-refractivity contribution in [3.63, 3.8) is 0 Å². The van der Waals surface area contributed by atoms with Crippen molar-refractivity contribution in [2.75, 3.05) is 6.54 Å². The number of carbonyl (C=O) groups is 1. The minimum absolute atomic E-state index is 0. The van der Waals surface area contributed by atoms with E-state index in [1.54, 1.807) is 6.92 Å². The Labute approximate surface area is 104 Å². The van der Waals surface area contributed by atoms with Gasteiger partial charge in [-0.05, 0) is 30.2 Å². The molecule has 1 aliphatic heterocycles. The van der Waals surface area contributed by atoms with Crippen molar-refractivity contribution in [2.45, 2.75) is 39.2 Å². The predicted molar refractivity (Wildman–Crippen MR) is 69.8 cm³/mol. The molecule has 2 fully saturated rings. The number of amides is 1. The largest absolute Gasteiger partial charge is 0.340 e. The molecule has 1 saturated carbocycles. The van der Waals surface area contributed by atoms with Gasteiger partial charge in [-0.15, -0.1) is 0 Å². The highest BCUT2D eigenvalue weighted by atomic mass is 16.2. The number of carbonyl (C=O) groups excluding carboxylic acids is 1. The van der Waals surface area contributed by atoms with Crippen molar-refractivity contribution >= 4 is 5.91 Å². The van der Waals surface area contributed by atoms with Crippen molar-refractivity contribution in [2.24, 2.45) is 5.92 Å². The van der Waals surface area contributed by atoms with Crippen molar-refractivity contribution in [1.29, 1.82) is 0 Å². The smallest absolute Gasteiger partial charge is 0.219 e. The summed E-state index contributed by atoms with van der Waals surface area (Å²) >= 11 is 0. The van der Waals surface area contributed by atoms with Crippen molar-refractivity contribution in [3.8, 4) is 0 Å². The van der Waals surface area contributed by atoms with Crippen LogP contribution in [0.15, 0.2) is 30.3 Å². The maximum atomic E-state index is 11.4. The molecule has 2 bridgehead atoms. The van der Waals surface area contributed by atoms with E-state index < -0.39 is 0 Å². The van der Waals surface area contributed by atoms with Gasteiger partial charge in [0.1, 0.15) is 0 Å². The number of hydrogen-bond donors (Lipinski definition) is 0. The Balaban J connectivity index is 0.00000108. The molecule has 92 valence electrons. The SMILES string of the molecule is C.CC(=O)N1CC2CC1CC2c1ccccc1. The Hall–Kier alpha value is -1.31. The van der Waals surface area contributed by atoms with Crippen LogP contribution in [0.3, 0.4) is 0 Å². The Morgan fingerprint density at radius 2 is 1.94 bits per heavy atom. The van der Waals surface area contributed by atoms with E-state index in [2.05, 4.69) is 35.2 Å². The summed E-state index contributed by atoms with van der Waals surface area (Å²) in [6, 6.07) is 11.3. The molecule has 3 unspecified atom stereocenters. The molecule has 1 aromatic carbocycles. The van der Waals surface area contributed by atoms with Crippen LogP contribution < -0.4 is 0 Å². The first-order valence-electron chi connectivity index (χ1n) is 6.08. The topological polar surface area (TPSA) is 20.3 Å². The van der Waals surface area contributed by atoms with Gasteiger partial charge in [-0.2, -0.15) is 0 Å². The van der Waals surface area contributed by atoms with Gasteiger partial charge >= 0.3 is 0 Å². The molecule has 2 aliphatic rings. The lowest BCUT2D eigenvalue weighted by molar-refractivity contribution is -0.130. The summed E-state index contributed by atoms with van der Waals surface area (Å²) in [6.45, 7) is 2.66. The molecule has 17 heavy (non-hydrogen) atoms. The molecule has 0 N–H and O–H groups in total. The molecule has 3 rings (SSSR count). The molecule has 1 saturated heterocycles. The van der Waals surface area contributed by atoms with Gasteiger partial charge in [-0.25, -0.2) is 0 Å². The maximum absolute atomic E-state index is 11.4. The number of piperidine rings is 1. The Morgan fingerprint density at radius 3 is 2.47 bits per heavy atom. The quantitative estimate of drug-likeness (QED) is 0.727. The molecule has 3 atom stereocenters. The monoisotopic (exact) mass is 231 g/mol. The Bertz CT molecular complexity index is 401. The third-order valence-corrected chi connectivity index (χ3v) is 4.17. The van der Waals surface area contributed by atoms with Crippen molar-refractivity contribution in [3.05, 3.63) is 35.9 Å². The first-order valence-corrected chi connectivity index (χ1v) is 6.08. The maximum Gasteiger partial charge on any atom is 0.219 e. The summed E-state index contributed by atoms with van der Waals surface area (Å²) in [5.41, 5.74) is 1.46. The van der Waals surface area contributed by atoms with E-state index in [9.17, 15) is 4.79 Å². The fourth-order valence-corrected chi connectivity index (χ4v) is 3.45. The average Bonchev–Trinajstić information content (AvgIpc) is 2.89. The second-order valence-electron chi connectivity index (χ2n) is 5.07. The average molecular weight is 231 g/mol. The third-order valence-electron chi connectivity index (χ3n) is 4.17. The van der Waals surface area contributed by atoms with E-state index in [4.69, 9.17) is 0 Å². The van der Waals surface area contributed by atoms with E-state index in [1.807, 2.05) is 0 Å². The molecule has 0 spiro atoms. The number of nitrogens with zero attached hydrogens (tertiary/aromatic N) is 1. The highest BCUT2D eigenvalue weighted by Gasteiger charge is 2.45. The van der Waals surface area contributed by atoms with Crippen molar-refractivity contribution in [1.82, 2.24) is 4.90 Å². The first kappa shape index (κ1) is 12.2. The lowest BCUT2D eigenvalue weighted by atomic mass is 9.87. The van der Waals surface area contributed by atoms with Crippen LogP contribution in [-0.4, -0.2) is 23.4 Å². The van der Waals surface area contributed by atoms with Crippen LogP contribution in [-0.2, 0) is 4.79 Å². The molecule has 1 aliphatic carbocycles. The zero-order chi connectivity index (χ0) is 11.1. The number of rotatable bonds is 1. The van der Waals surface area contributed by atoms with Gasteiger partial charge in [0.25, 0.3) is 0 Å². The van der Waals surface area contributed by atoms with Gasteiger partial charge in [0.2, 0.25) is 5.91 Å². The summed E-state index contributed by atoms with van der Waals surface area (Å²) in [5, 5.41) is 0. The highest BCUT2D eigenvalue weighted by molar-refractivity contribution is 5.74. The van der Waals surface area contributed by atoms with Crippen LogP contribution in [0.5, 0.6) is 0 Å². The second-order valence-corrected chi connectivity index (χ2v) is 5.07. The van der Waals surface area contributed by atoms with Crippen LogP contribution in [0.4, 0.5) is 0 Å². The van der Waals surface area contributed by atoms with E-state index in [1.165, 1.54) is 12.0 Å². The van der Waals surface area contributed by atoms with E-state index >= 15 is 0 Å². The molecule has 1 amide bonds. The molecule has 2 heteroatoms.